The summed E-state index contributed by atoms with van der Waals surface area (Å²) >= 11 is 1.44. The lowest BCUT2D eigenvalue weighted by atomic mass is 10.2. The monoisotopic (exact) mass is 254 g/mol. The maximum Gasteiger partial charge on any atom is 0.270 e. The van der Waals surface area contributed by atoms with Crippen LogP contribution in [-0.2, 0) is 0 Å². The number of piperazine rings is 1. The van der Waals surface area contributed by atoms with Crippen molar-refractivity contribution in [3.8, 4) is 0 Å². The number of likely N-dealkylation sites (N-methyl/N-ethyl adjacent to an activating group) is 2. The van der Waals surface area contributed by atoms with Crippen LogP contribution in [0, 0.1) is 0 Å². The van der Waals surface area contributed by atoms with Crippen molar-refractivity contribution in [3.63, 3.8) is 0 Å². The molecule has 1 aliphatic rings. The second-order valence-corrected chi connectivity index (χ2v) is 5.20. The SMILES string of the molecule is CN1CCN(C)C(CNC(=O)c2cscn2)C1. The minimum Gasteiger partial charge on any atom is -0.349 e. The molecule has 1 saturated heterocycles. The molecule has 2 rings (SSSR count). The van der Waals surface area contributed by atoms with Crippen LogP contribution in [0.25, 0.3) is 0 Å². The molecular formula is C11H18N4OS. The fourth-order valence-corrected chi connectivity index (χ4v) is 2.48. The average Bonchev–Trinajstić information content (AvgIpc) is 2.83. The summed E-state index contributed by atoms with van der Waals surface area (Å²) in [4.78, 5) is 20.3. The number of amides is 1. The van der Waals surface area contributed by atoms with Gasteiger partial charge in [0.15, 0.2) is 0 Å². The number of hydrogen-bond donors (Lipinski definition) is 1. The van der Waals surface area contributed by atoms with Crippen LogP contribution in [0.3, 0.4) is 0 Å². The molecule has 1 aromatic heterocycles. The Morgan fingerprint density at radius 1 is 1.59 bits per heavy atom. The van der Waals surface area contributed by atoms with Crippen LogP contribution < -0.4 is 5.32 Å². The topological polar surface area (TPSA) is 48.5 Å². The summed E-state index contributed by atoms with van der Waals surface area (Å²) in [6, 6.07) is 0.385. The number of nitrogens with one attached hydrogen (secondary N) is 1. The maximum atomic E-state index is 11.7. The number of aromatic nitrogens is 1. The van der Waals surface area contributed by atoms with Gasteiger partial charge in [0, 0.05) is 37.6 Å². The molecule has 17 heavy (non-hydrogen) atoms. The highest BCUT2D eigenvalue weighted by molar-refractivity contribution is 7.07. The third-order valence-electron chi connectivity index (χ3n) is 3.14. The van der Waals surface area contributed by atoms with Crippen molar-refractivity contribution in [3.05, 3.63) is 16.6 Å². The van der Waals surface area contributed by atoms with Gasteiger partial charge < -0.3 is 10.2 Å². The predicted octanol–water partition coefficient (Wildman–Crippen LogP) is 0.119. The molecule has 0 aliphatic carbocycles. The minimum absolute atomic E-state index is 0.0760. The number of nitrogens with zero attached hydrogens (tertiary/aromatic N) is 3. The Balaban J connectivity index is 1.83. The number of thiazole rings is 1. The molecule has 1 fully saturated rings. The predicted molar refractivity (Wildman–Crippen MR) is 68.4 cm³/mol. The molecule has 1 N–H and O–H groups in total. The van der Waals surface area contributed by atoms with Crippen LogP contribution in [0.1, 0.15) is 10.5 Å². The summed E-state index contributed by atoms with van der Waals surface area (Å²) in [7, 11) is 4.22. The highest BCUT2D eigenvalue weighted by atomic mass is 32.1. The van der Waals surface area contributed by atoms with Gasteiger partial charge in [-0.2, -0.15) is 0 Å². The number of rotatable bonds is 3. The van der Waals surface area contributed by atoms with Gasteiger partial charge in [0.05, 0.1) is 5.51 Å². The lowest BCUT2D eigenvalue weighted by molar-refractivity contribution is 0.0877. The van der Waals surface area contributed by atoms with Gasteiger partial charge in [0.25, 0.3) is 5.91 Å². The van der Waals surface area contributed by atoms with E-state index in [9.17, 15) is 4.79 Å². The van der Waals surface area contributed by atoms with Gasteiger partial charge in [-0.3, -0.25) is 9.69 Å². The first-order chi connectivity index (χ1) is 8.16. The Kier molecular flexibility index (Phi) is 4.09. The van der Waals surface area contributed by atoms with Gasteiger partial charge in [0.2, 0.25) is 0 Å². The quantitative estimate of drug-likeness (QED) is 0.832. The number of hydrogen-bond acceptors (Lipinski definition) is 5. The second kappa shape index (κ2) is 5.57. The van der Waals surface area contributed by atoms with E-state index in [0.717, 1.165) is 19.6 Å². The Labute approximate surface area is 105 Å². The highest BCUT2D eigenvalue weighted by Crippen LogP contribution is 2.05. The summed E-state index contributed by atoms with van der Waals surface area (Å²) in [6.07, 6.45) is 0. The van der Waals surface area contributed by atoms with E-state index in [4.69, 9.17) is 0 Å². The number of carbonyl (C=O) groups is 1. The third kappa shape index (κ3) is 3.24. The zero-order chi connectivity index (χ0) is 12.3. The van der Waals surface area contributed by atoms with Gasteiger partial charge in [0.1, 0.15) is 5.69 Å². The largest absolute Gasteiger partial charge is 0.349 e. The Morgan fingerprint density at radius 3 is 3.12 bits per heavy atom. The highest BCUT2D eigenvalue weighted by Gasteiger charge is 2.22. The molecule has 1 aliphatic heterocycles. The molecule has 1 amide bonds. The van der Waals surface area contributed by atoms with Crippen molar-refractivity contribution in [2.45, 2.75) is 6.04 Å². The molecule has 6 heteroatoms. The second-order valence-electron chi connectivity index (χ2n) is 4.48. The molecule has 1 atom stereocenters. The van der Waals surface area contributed by atoms with E-state index in [-0.39, 0.29) is 5.91 Å². The van der Waals surface area contributed by atoms with E-state index < -0.39 is 0 Å². The van der Waals surface area contributed by atoms with E-state index in [2.05, 4.69) is 34.2 Å². The summed E-state index contributed by atoms with van der Waals surface area (Å²) in [5.41, 5.74) is 2.19. The summed E-state index contributed by atoms with van der Waals surface area (Å²) in [5, 5.41) is 4.71. The molecule has 2 heterocycles. The van der Waals surface area contributed by atoms with Crippen molar-refractivity contribution in [1.29, 1.82) is 0 Å². The summed E-state index contributed by atoms with van der Waals surface area (Å²) < 4.78 is 0. The zero-order valence-electron chi connectivity index (χ0n) is 10.2. The molecular weight excluding hydrogens is 236 g/mol. The molecule has 1 unspecified atom stereocenters. The number of carbonyl (C=O) groups excluding carboxylic acids is 1. The molecule has 1 aromatic rings. The van der Waals surface area contributed by atoms with Crippen molar-refractivity contribution in [2.24, 2.45) is 0 Å². The van der Waals surface area contributed by atoms with Crippen LogP contribution in [0.4, 0.5) is 0 Å². The van der Waals surface area contributed by atoms with Crippen molar-refractivity contribution in [2.75, 3.05) is 40.3 Å². The van der Waals surface area contributed by atoms with Crippen molar-refractivity contribution in [1.82, 2.24) is 20.1 Å². The molecule has 94 valence electrons. The smallest absolute Gasteiger partial charge is 0.270 e. The molecule has 5 nitrogen and oxygen atoms in total. The summed E-state index contributed by atoms with van der Waals surface area (Å²) in [5.74, 6) is -0.0760. The van der Waals surface area contributed by atoms with E-state index in [0.29, 0.717) is 18.3 Å². The average molecular weight is 254 g/mol. The van der Waals surface area contributed by atoms with Crippen molar-refractivity contribution < 1.29 is 4.79 Å². The summed E-state index contributed by atoms with van der Waals surface area (Å²) in [6.45, 7) is 3.81. The van der Waals surface area contributed by atoms with Gasteiger partial charge in [-0.25, -0.2) is 4.98 Å². The van der Waals surface area contributed by atoms with Crippen LogP contribution >= 0.6 is 11.3 Å². The molecule has 0 saturated carbocycles. The zero-order valence-corrected chi connectivity index (χ0v) is 11.0. The Hall–Kier alpha value is -0.980. The molecule has 0 bridgehead atoms. The lowest BCUT2D eigenvalue weighted by Gasteiger charge is -2.37. The van der Waals surface area contributed by atoms with E-state index in [1.165, 1.54) is 11.3 Å². The van der Waals surface area contributed by atoms with Crippen LogP contribution in [-0.4, -0.2) is 67.0 Å². The van der Waals surface area contributed by atoms with E-state index in [1.54, 1.807) is 10.9 Å². The first kappa shape index (κ1) is 12.5. The van der Waals surface area contributed by atoms with Gasteiger partial charge in [-0.1, -0.05) is 0 Å². The van der Waals surface area contributed by atoms with Crippen LogP contribution in [0.5, 0.6) is 0 Å². The maximum absolute atomic E-state index is 11.7. The van der Waals surface area contributed by atoms with Gasteiger partial charge in [-0.05, 0) is 14.1 Å². The third-order valence-corrected chi connectivity index (χ3v) is 3.73. The van der Waals surface area contributed by atoms with Gasteiger partial charge >= 0.3 is 0 Å². The van der Waals surface area contributed by atoms with Gasteiger partial charge in [-0.15, -0.1) is 11.3 Å². The fraction of sp³-hybridized carbons (Fsp3) is 0.636. The molecule has 0 radical (unpaired) electrons. The fourth-order valence-electron chi connectivity index (χ4n) is 1.95. The van der Waals surface area contributed by atoms with E-state index in [1.807, 2.05) is 0 Å². The van der Waals surface area contributed by atoms with E-state index >= 15 is 0 Å². The Bertz CT molecular complexity index is 368. The lowest BCUT2D eigenvalue weighted by Crippen LogP contribution is -2.54. The minimum atomic E-state index is -0.0760. The standard InChI is InChI=1S/C11H18N4OS/c1-14-3-4-15(2)9(6-14)5-12-11(16)10-7-17-8-13-10/h7-9H,3-6H2,1-2H3,(H,12,16). The van der Waals surface area contributed by atoms with Crippen LogP contribution in [0.2, 0.25) is 0 Å². The Morgan fingerprint density at radius 2 is 2.41 bits per heavy atom. The first-order valence-corrected chi connectivity index (χ1v) is 6.66. The van der Waals surface area contributed by atoms with Crippen molar-refractivity contribution >= 4 is 17.2 Å². The first-order valence-electron chi connectivity index (χ1n) is 5.72. The normalized spacial score (nSPS) is 22.6. The molecule has 0 aromatic carbocycles. The van der Waals surface area contributed by atoms with Crippen LogP contribution in [0.15, 0.2) is 10.9 Å². The molecule has 0 spiro atoms.